The van der Waals surface area contributed by atoms with Crippen LogP contribution in [0.3, 0.4) is 0 Å². The lowest BCUT2D eigenvalue weighted by Crippen LogP contribution is -1.91. The van der Waals surface area contributed by atoms with Crippen molar-refractivity contribution in [2.24, 2.45) is 0 Å². The Labute approximate surface area is 69.9 Å². The zero-order valence-electron chi connectivity index (χ0n) is 5.17. The first kappa shape index (κ1) is 6.75. The molecule has 2 heterocycles. The van der Waals surface area contributed by atoms with Gasteiger partial charge in [-0.3, -0.25) is 9.78 Å². The van der Waals surface area contributed by atoms with E-state index in [1.165, 1.54) is 6.20 Å². The van der Waals surface area contributed by atoms with Crippen molar-refractivity contribution in [2.75, 3.05) is 0 Å². The predicted molar refractivity (Wildman–Crippen MR) is 43.0 cm³/mol. The fraction of sp³-hybridized carbons (Fsp3) is 0. The number of thiazole rings is 1. The summed E-state index contributed by atoms with van der Waals surface area (Å²) in [6, 6.07) is 0. The highest BCUT2D eigenvalue weighted by Gasteiger charge is 2.00. The first-order valence-corrected chi connectivity index (χ1v) is 3.96. The lowest BCUT2D eigenvalue weighted by Gasteiger charge is -1.85. The maximum atomic E-state index is 10.8. The summed E-state index contributed by atoms with van der Waals surface area (Å²) in [5, 5.41) is 0.145. The maximum absolute atomic E-state index is 10.8. The molecule has 56 valence electrons. The molecule has 0 saturated carbocycles. The molecule has 0 saturated heterocycles. The average molecular weight is 188 g/mol. The van der Waals surface area contributed by atoms with Gasteiger partial charge in [0.25, 0.3) is 0 Å². The van der Waals surface area contributed by atoms with Gasteiger partial charge in [0.15, 0.2) is 5.65 Å². The van der Waals surface area contributed by atoms with Gasteiger partial charge in [-0.05, 0) is 11.6 Å². The van der Waals surface area contributed by atoms with Gasteiger partial charge >= 0.3 is 4.87 Å². The number of aromatic amines is 1. The van der Waals surface area contributed by atoms with Crippen LogP contribution in [0.4, 0.5) is 0 Å². The zero-order valence-corrected chi connectivity index (χ0v) is 6.74. The van der Waals surface area contributed by atoms with Crippen LogP contribution in [-0.4, -0.2) is 15.0 Å². The van der Waals surface area contributed by atoms with Gasteiger partial charge in [0.2, 0.25) is 5.28 Å². The van der Waals surface area contributed by atoms with Gasteiger partial charge in [-0.15, -0.1) is 0 Å². The zero-order chi connectivity index (χ0) is 7.84. The van der Waals surface area contributed by atoms with Crippen molar-refractivity contribution in [2.45, 2.75) is 0 Å². The molecule has 2 rings (SSSR count). The summed E-state index contributed by atoms with van der Waals surface area (Å²) in [5.74, 6) is 0. The molecule has 0 fully saturated rings. The molecule has 11 heavy (non-hydrogen) atoms. The van der Waals surface area contributed by atoms with E-state index in [1.54, 1.807) is 0 Å². The molecule has 2 aromatic heterocycles. The standard InChI is InChI=1S/C5H2ClN3OS/c6-4-7-1-2-3(8-4)9-5(10)11-2/h1H,(H,7,8,9,10). The average Bonchev–Trinajstić information content (AvgIpc) is 2.27. The number of nitrogens with one attached hydrogen (secondary N) is 1. The quantitative estimate of drug-likeness (QED) is 0.627. The van der Waals surface area contributed by atoms with Crippen molar-refractivity contribution < 1.29 is 0 Å². The topological polar surface area (TPSA) is 58.6 Å². The molecule has 0 aliphatic heterocycles. The Morgan fingerprint density at radius 2 is 2.45 bits per heavy atom. The Bertz CT molecular complexity index is 448. The minimum Gasteiger partial charge on any atom is -0.297 e. The van der Waals surface area contributed by atoms with Crippen LogP contribution in [0.2, 0.25) is 5.28 Å². The van der Waals surface area contributed by atoms with E-state index in [2.05, 4.69) is 15.0 Å². The van der Waals surface area contributed by atoms with E-state index in [-0.39, 0.29) is 10.2 Å². The molecule has 2 aromatic rings. The van der Waals surface area contributed by atoms with Gasteiger partial charge in [-0.25, -0.2) is 4.98 Å². The van der Waals surface area contributed by atoms with Crippen LogP contribution in [0.25, 0.3) is 10.3 Å². The molecule has 0 unspecified atom stereocenters. The van der Waals surface area contributed by atoms with Crippen molar-refractivity contribution >= 4 is 33.3 Å². The third kappa shape index (κ3) is 1.12. The van der Waals surface area contributed by atoms with Crippen LogP contribution >= 0.6 is 22.9 Å². The number of halogens is 1. The Balaban J connectivity index is 2.92. The lowest BCUT2D eigenvalue weighted by atomic mass is 10.6. The van der Waals surface area contributed by atoms with E-state index in [4.69, 9.17) is 11.6 Å². The van der Waals surface area contributed by atoms with Crippen LogP contribution in [0.1, 0.15) is 0 Å². The molecule has 0 bridgehead atoms. The summed E-state index contributed by atoms with van der Waals surface area (Å²) >= 11 is 6.55. The SMILES string of the molecule is O=c1[nH]c2nc(Cl)ncc2s1. The van der Waals surface area contributed by atoms with Crippen molar-refractivity contribution in [1.29, 1.82) is 0 Å². The molecule has 0 aromatic carbocycles. The molecule has 0 spiro atoms. The first-order chi connectivity index (χ1) is 5.25. The van der Waals surface area contributed by atoms with E-state index in [0.29, 0.717) is 5.65 Å². The van der Waals surface area contributed by atoms with Crippen LogP contribution in [0.5, 0.6) is 0 Å². The number of nitrogens with zero attached hydrogens (tertiary/aromatic N) is 2. The van der Waals surface area contributed by atoms with E-state index in [9.17, 15) is 4.79 Å². The van der Waals surface area contributed by atoms with Crippen LogP contribution in [-0.2, 0) is 0 Å². The van der Waals surface area contributed by atoms with Crippen molar-refractivity contribution in [1.82, 2.24) is 15.0 Å². The van der Waals surface area contributed by atoms with Crippen molar-refractivity contribution in [3.8, 4) is 0 Å². The van der Waals surface area contributed by atoms with Crippen molar-refractivity contribution in [3.63, 3.8) is 0 Å². The minimum atomic E-state index is -0.142. The van der Waals surface area contributed by atoms with Gasteiger partial charge in [-0.2, -0.15) is 4.98 Å². The minimum absolute atomic E-state index is 0.142. The molecule has 0 aliphatic rings. The fourth-order valence-electron chi connectivity index (χ4n) is 0.736. The van der Waals surface area contributed by atoms with E-state index >= 15 is 0 Å². The van der Waals surface area contributed by atoms with Gasteiger partial charge in [0.1, 0.15) is 0 Å². The molecule has 1 N–H and O–H groups in total. The Kier molecular flexibility index (Phi) is 1.40. The van der Waals surface area contributed by atoms with Crippen LogP contribution in [0, 0.1) is 0 Å². The number of hydrogen-bond acceptors (Lipinski definition) is 4. The summed E-state index contributed by atoms with van der Waals surface area (Å²) in [4.78, 5) is 20.7. The van der Waals surface area contributed by atoms with Crippen molar-refractivity contribution in [3.05, 3.63) is 21.1 Å². The summed E-state index contributed by atoms with van der Waals surface area (Å²) in [6.45, 7) is 0. The normalized spacial score (nSPS) is 10.6. The monoisotopic (exact) mass is 187 g/mol. The number of aromatic nitrogens is 3. The van der Waals surface area contributed by atoms with Gasteiger partial charge in [0, 0.05) is 0 Å². The Hall–Kier alpha value is -0.940. The van der Waals surface area contributed by atoms with E-state index in [1.807, 2.05) is 0 Å². The molecule has 6 heteroatoms. The number of H-pyrrole nitrogens is 1. The molecule has 0 amide bonds. The Morgan fingerprint density at radius 3 is 3.27 bits per heavy atom. The molecule has 0 atom stereocenters. The Morgan fingerprint density at radius 1 is 1.64 bits per heavy atom. The summed E-state index contributed by atoms with van der Waals surface area (Å²) < 4.78 is 0.722. The van der Waals surface area contributed by atoms with Gasteiger partial charge in [0.05, 0.1) is 10.9 Å². The second-order valence-electron chi connectivity index (χ2n) is 1.87. The smallest absolute Gasteiger partial charge is 0.297 e. The highest BCUT2D eigenvalue weighted by Crippen LogP contribution is 2.11. The third-order valence-electron chi connectivity index (χ3n) is 1.15. The molecule has 0 aliphatic carbocycles. The highest BCUT2D eigenvalue weighted by molar-refractivity contribution is 7.16. The number of rotatable bonds is 0. The second-order valence-corrected chi connectivity index (χ2v) is 3.22. The highest BCUT2D eigenvalue weighted by atomic mass is 35.5. The predicted octanol–water partition coefficient (Wildman–Crippen LogP) is 1.03. The number of hydrogen-bond donors (Lipinski definition) is 1. The molecular weight excluding hydrogens is 186 g/mol. The largest absolute Gasteiger partial charge is 0.306 e. The summed E-state index contributed by atoms with van der Waals surface area (Å²) in [7, 11) is 0. The maximum Gasteiger partial charge on any atom is 0.306 e. The summed E-state index contributed by atoms with van der Waals surface area (Å²) in [6.07, 6.45) is 1.52. The second kappa shape index (κ2) is 2.28. The first-order valence-electron chi connectivity index (χ1n) is 2.77. The summed E-state index contributed by atoms with van der Waals surface area (Å²) in [5.41, 5.74) is 0.500. The number of fused-ring (bicyclic) bond motifs is 1. The lowest BCUT2D eigenvalue weighted by molar-refractivity contribution is 1.19. The van der Waals surface area contributed by atoms with Crippen LogP contribution < -0.4 is 4.87 Å². The fourth-order valence-corrected chi connectivity index (χ4v) is 1.52. The molecule has 4 nitrogen and oxygen atoms in total. The van der Waals surface area contributed by atoms with E-state index < -0.39 is 0 Å². The molecule has 0 radical (unpaired) electrons. The van der Waals surface area contributed by atoms with Gasteiger partial charge in [-0.1, -0.05) is 11.3 Å². The van der Waals surface area contributed by atoms with Gasteiger partial charge < -0.3 is 0 Å². The van der Waals surface area contributed by atoms with E-state index in [0.717, 1.165) is 16.0 Å². The third-order valence-corrected chi connectivity index (χ3v) is 2.14. The molecular formula is C5H2ClN3OS. The van der Waals surface area contributed by atoms with Crippen LogP contribution in [0.15, 0.2) is 11.0 Å².